The fourth-order valence-corrected chi connectivity index (χ4v) is 3.13. The van der Waals surface area contributed by atoms with E-state index in [1.54, 1.807) is 0 Å². The molecule has 0 aromatic rings. The highest BCUT2D eigenvalue weighted by molar-refractivity contribution is 7.99. The van der Waals surface area contributed by atoms with Crippen LogP contribution in [0.2, 0.25) is 0 Å². The zero-order chi connectivity index (χ0) is 12.2. The van der Waals surface area contributed by atoms with Gasteiger partial charge in [0, 0.05) is 29.5 Å². The number of hydrogen-bond acceptors (Lipinski definition) is 3. The fraction of sp³-hybridized carbons (Fsp3) is 0.917. The van der Waals surface area contributed by atoms with Crippen LogP contribution in [0.25, 0.3) is 0 Å². The second kappa shape index (κ2) is 6.22. The van der Waals surface area contributed by atoms with Crippen LogP contribution in [0.1, 0.15) is 33.6 Å². The molecule has 0 spiro atoms. The van der Waals surface area contributed by atoms with Crippen molar-refractivity contribution < 1.29 is 0 Å². The molecule has 1 aliphatic rings. The minimum atomic E-state index is 0.0170. The molecule has 1 fully saturated rings. The molecule has 0 aromatic carbocycles. The summed E-state index contributed by atoms with van der Waals surface area (Å²) in [6.45, 7) is 9.04. The van der Waals surface area contributed by atoms with Crippen molar-refractivity contribution in [3.63, 3.8) is 0 Å². The predicted octanol–water partition coefficient (Wildman–Crippen LogP) is 2.52. The van der Waals surface area contributed by atoms with Gasteiger partial charge in [-0.3, -0.25) is 4.90 Å². The van der Waals surface area contributed by atoms with E-state index in [-0.39, 0.29) is 5.41 Å². The van der Waals surface area contributed by atoms with Gasteiger partial charge in [0.2, 0.25) is 0 Å². The molecule has 1 atom stereocenters. The maximum Gasteiger partial charge on any atom is 0.0784 e. The smallest absolute Gasteiger partial charge is 0.0784 e. The summed E-state index contributed by atoms with van der Waals surface area (Å²) in [7, 11) is 0. The molecule has 0 amide bonds. The summed E-state index contributed by atoms with van der Waals surface area (Å²) in [4.78, 5) is 3.24. The highest BCUT2D eigenvalue weighted by atomic mass is 32.2. The van der Waals surface area contributed by atoms with Crippen molar-refractivity contribution in [3.05, 3.63) is 0 Å². The van der Waals surface area contributed by atoms with Crippen molar-refractivity contribution >= 4 is 29.0 Å². The molecule has 0 aliphatic carbocycles. The van der Waals surface area contributed by atoms with Crippen molar-refractivity contribution in [2.45, 2.75) is 39.7 Å². The first-order valence-electron chi connectivity index (χ1n) is 6.05. The first kappa shape index (κ1) is 14.3. The summed E-state index contributed by atoms with van der Waals surface area (Å²) in [5.74, 6) is 2.56. The topological polar surface area (TPSA) is 29.3 Å². The van der Waals surface area contributed by atoms with Crippen LogP contribution in [0.4, 0.5) is 0 Å². The largest absolute Gasteiger partial charge is 0.393 e. The molecule has 2 nitrogen and oxygen atoms in total. The Morgan fingerprint density at radius 1 is 1.56 bits per heavy atom. The molecule has 94 valence electrons. The number of nitrogens with two attached hydrogens (primary N) is 1. The van der Waals surface area contributed by atoms with Gasteiger partial charge in [-0.2, -0.15) is 11.8 Å². The Morgan fingerprint density at radius 3 is 2.81 bits per heavy atom. The highest BCUT2D eigenvalue weighted by Gasteiger charge is 2.23. The van der Waals surface area contributed by atoms with E-state index in [1.807, 2.05) is 0 Å². The van der Waals surface area contributed by atoms with Gasteiger partial charge in [0.15, 0.2) is 0 Å². The quantitative estimate of drug-likeness (QED) is 0.769. The molecule has 16 heavy (non-hydrogen) atoms. The average Bonchev–Trinajstić information content (AvgIpc) is 2.20. The zero-order valence-corrected chi connectivity index (χ0v) is 12.3. The van der Waals surface area contributed by atoms with Gasteiger partial charge in [-0.15, -0.1) is 0 Å². The van der Waals surface area contributed by atoms with Crippen LogP contribution < -0.4 is 5.73 Å². The first-order valence-corrected chi connectivity index (χ1v) is 7.61. The van der Waals surface area contributed by atoms with E-state index in [2.05, 4.69) is 37.4 Å². The zero-order valence-electron chi connectivity index (χ0n) is 10.7. The van der Waals surface area contributed by atoms with Crippen molar-refractivity contribution in [1.29, 1.82) is 0 Å². The average molecular weight is 260 g/mol. The van der Waals surface area contributed by atoms with Gasteiger partial charge in [0.25, 0.3) is 0 Å². The lowest BCUT2D eigenvalue weighted by Gasteiger charge is -2.34. The van der Waals surface area contributed by atoms with Gasteiger partial charge >= 0.3 is 0 Å². The Bertz CT molecular complexity index is 241. The van der Waals surface area contributed by atoms with Crippen molar-refractivity contribution in [3.8, 4) is 0 Å². The van der Waals surface area contributed by atoms with Gasteiger partial charge in [0.1, 0.15) is 0 Å². The Kier molecular flexibility index (Phi) is 5.54. The van der Waals surface area contributed by atoms with E-state index < -0.39 is 0 Å². The lowest BCUT2D eigenvalue weighted by molar-refractivity contribution is 0.221. The number of thiocarbonyl (C=S) groups is 1. The van der Waals surface area contributed by atoms with E-state index in [9.17, 15) is 0 Å². The third-order valence-corrected chi connectivity index (χ3v) is 5.16. The standard InChI is InChI=1S/C12H24N2S2/c1-10-9-16-8-7-14(10)6-4-5-12(2,3)11(13)15/h10H,4-9H2,1-3H3,(H2,13,15). The molecular formula is C12H24N2S2. The van der Waals surface area contributed by atoms with Gasteiger partial charge in [-0.25, -0.2) is 0 Å². The molecule has 0 radical (unpaired) electrons. The highest BCUT2D eigenvalue weighted by Crippen LogP contribution is 2.24. The SMILES string of the molecule is CC1CSCCN1CCCC(C)(C)C(N)=S. The summed E-state index contributed by atoms with van der Waals surface area (Å²) in [5.41, 5.74) is 5.75. The van der Waals surface area contributed by atoms with Crippen LogP contribution in [0.3, 0.4) is 0 Å². The van der Waals surface area contributed by atoms with Crippen LogP contribution in [-0.2, 0) is 0 Å². The molecule has 1 heterocycles. The van der Waals surface area contributed by atoms with Crippen LogP contribution in [0.15, 0.2) is 0 Å². The molecule has 0 saturated carbocycles. The normalized spacial score (nSPS) is 23.3. The van der Waals surface area contributed by atoms with E-state index in [0.717, 1.165) is 12.5 Å². The number of nitrogens with zero attached hydrogens (tertiary/aromatic N) is 1. The summed E-state index contributed by atoms with van der Waals surface area (Å²) in [5, 5.41) is 0. The fourth-order valence-electron chi connectivity index (χ4n) is 1.94. The Balaban J connectivity index is 2.26. The van der Waals surface area contributed by atoms with Gasteiger partial charge in [0.05, 0.1) is 4.99 Å². The molecule has 4 heteroatoms. The summed E-state index contributed by atoms with van der Waals surface area (Å²) in [6.07, 6.45) is 2.29. The molecule has 1 saturated heterocycles. The molecule has 1 rings (SSSR count). The first-order chi connectivity index (χ1) is 7.43. The minimum Gasteiger partial charge on any atom is -0.393 e. The van der Waals surface area contributed by atoms with E-state index in [1.165, 1.54) is 31.0 Å². The summed E-state index contributed by atoms with van der Waals surface area (Å²) in [6, 6.07) is 0.728. The summed E-state index contributed by atoms with van der Waals surface area (Å²) < 4.78 is 0. The van der Waals surface area contributed by atoms with Crippen LogP contribution in [-0.4, -0.2) is 40.5 Å². The minimum absolute atomic E-state index is 0.0170. The number of rotatable bonds is 5. The van der Waals surface area contributed by atoms with Gasteiger partial charge in [-0.05, 0) is 26.3 Å². The lowest BCUT2D eigenvalue weighted by Crippen LogP contribution is -2.41. The van der Waals surface area contributed by atoms with Crippen molar-refractivity contribution in [2.24, 2.45) is 11.1 Å². The second-order valence-electron chi connectivity index (χ2n) is 5.31. The van der Waals surface area contributed by atoms with E-state index >= 15 is 0 Å². The maximum atomic E-state index is 5.73. The van der Waals surface area contributed by atoms with E-state index in [4.69, 9.17) is 18.0 Å². The van der Waals surface area contributed by atoms with Gasteiger partial charge in [-0.1, -0.05) is 26.1 Å². The van der Waals surface area contributed by atoms with Crippen LogP contribution in [0.5, 0.6) is 0 Å². The third-order valence-electron chi connectivity index (χ3n) is 3.42. The van der Waals surface area contributed by atoms with Gasteiger partial charge < -0.3 is 5.73 Å². The Morgan fingerprint density at radius 2 is 2.25 bits per heavy atom. The lowest BCUT2D eigenvalue weighted by atomic mass is 9.88. The molecule has 0 bridgehead atoms. The van der Waals surface area contributed by atoms with Crippen molar-refractivity contribution in [1.82, 2.24) is 4.90 Å². The second-order valence-corrected chi connectivity index (χ2v) is 6.90. The monoisotopic (exact) mass is 260 g/mol. The van der Waals surface area contributed by atoms with E-state index in [0.29, 0.717) is 4.99 Å². The molecule has 1 aliphatic heterocycles. The Labute approximate surface area is 109 Å². The predicted molar refractivity (Wildman–Crippen MR) is 78.2 cm³/mol. The third kappa shape index (κ3) is 4.22. The number of hydrogen-bond donors (Lipinski definition) is 1. The number of thioether (sulfide) groups is 1. The summed E-state index contributed by atoms with van der Waals surface area (Å²) >= 11 is 7.15. The van der Waals surface area contributed by atoms with Crippen LogP contribution in [0, 0.1) is 5.41 Å². The molecule has 1 unspecified atom stereocenters. The van der Waals surface area contributed by atoms with Crippen molar-refractivity contribution in [2.75, 3.05) is 24.6 Å². The maximum absolute atomic E-state index is 5.73. The molecule has 2 N–H and O–H groups in total. The van der Waals surface area contributed by atoms with Crippen LogP contribution >= 0.6 is 24.0 Å². The Hall–Kier alpha value is 0.200. The molecular weight excluding hydrogens is 236 g/mol. The molecule has 0 aromatic heterocycles.